The highest BCUT2D eigenvalue weighted by Crippen LogP contribution is 2.06. The molecule has 0 aromatic carbocycles. The van der Waals surface area contributed by atoms with Crippen molar-refractivity contribution in [3.05, 3.63) is 0 Å². The summed E-state index contributed by atoms with van der Waals surface area (Å²) in [5.41, 5.74) is 10.9. The van der Waals surface area contributed by atoms with Crippen LogP contribution in [0.1, 0.15) is 25.7 Å². The van der Waals surface area contributed by atoms with E-state index in [0.717, 1.165) is 18.7 Å². The molecule has 0 aliphatic carbocycles. The van der Waals surface area contributed by atoms with Crippen molar-refractivity contribution in [1.82, 2.24) is 0 Å². The Balaban J connectivity index is 3.00. The van der Waals surface area contributed by atoms with Gasteiger partial charge >= 0.3 is 0 Å². The molecule has 0 radical (unpaired) electrons. The summed E-state index contributed by atoms with van der Waals surface area (Å²) in [4.78, 5) is 3.86. The Hall–Kier alpha value is -0.220. The van der Waals surface area contributed by atoms with Gasteiger partial charge < -0.3 is 11.5 Å². The van der Waals surface area contributed by atoms with Crippen molar-refractivity contribution in [1.29, 1.82) is 0 Å². The molecule has 0 amide bonds. The van der Waals surface area contributed by atoms with Crippen LogP contribution < -0.4 is 11.5 Å². The Morgan fingerprint density at radius 1 is 1.25 bits per heavy atom. The largest absolute Gasteiger partial charge is 0.379 e. The van der Waals surface area contributed by atoms with Crippen molar-refractivity contribution in [3.8, 4) is 0 Å². The Labute approximate surface area is 79.0 Å². The van der Waals surface area contributed by atoms with E-state index in [4.69, 9.17) is 11.5 Å². The van der Waals surface area contributed by atoms with Gasteiger partial charge in [0.15, 0.2) is 5.17 Å². The van der Waals surface area contributed by atoms with Crippen LogP contribution in [-0.4, -0.2) is 24.5 Å². The van der Waals surface area contributed by atoms with Gasteiger partial charge in [-0.2, -0.15) is 0 Å². The van der Waals surface area contributed by atoms with Gasteiger partial charge in [-0.25, -0.2) is 0 Å². The number of unbranched alkanes of at least 4 members (excludes halogenated alkanes) is 3. The van der Waals surface area contributed by atoms with E-state index < -0.39 is 0 Å². The molecule has 4 heteroatoms. The van der Waals surface area contributed by atoms with E-state index in [9.17, 15) is 0 Å². The van der Waals surface area contributed by atoms with E-state index in [1.165, 1.54) is 19.3 Å². The fourth-order valence-electron chi connectivity index (χ4n) is 0.841. The normalized spacial score (nSPS) is 12.0. The molecule has 0 saturated heterocycles. The molecule has 3 nitrogen and oxygen atoms in total. The van der Waals surface area contributed by atoms with Gasteiger partial charge in [-0.1, -0.05) is 24.6 Å². The van der Waals surface area contributed by atoms with Crippen LogP contribution in [-0.2, 0) is 0 Å². The third kappa shape index (κ3) is 7.88. The minimum atomic E-state index is 0.689. The van der Waals surface area contributed by atoms with Crippen molar-refractivity contribution < 1.29 is 0 Å². The van der Waals surface area contributed by atoms with Gasteiger partial charge in [-0.15, -0.1) is 0 Å². The van der Waals surface area contributed by atoms with Crippen LogP contribution in [0.3, 0.4) is 0 Å². The minimum absolute atomic E-state index is 0.689. The van der Waals surface area contributed by atoms with Crippen LogP contribution in [0, 0.1) is 0 Å². The summed E-state index contributed by atoms with van der Waals surface area (Å²) in [5.74, 6) is 1.08. The predicted molar refractivity (Wildman–Crippen MR) is 57.5 cm³/mol. The van der Waals surface area contributed by atoms with Gasteiger partial charge in [-0.05, 0) is 19.4 Å². The van der Waals surface area contributed by atoms with Crippen LogP contribution in [0.4, 0.5) is 0 Å². The lowest BCUT2D eigenvalue weighted by molar-refractivity contribution is 0.678. The first-order chi connectivity index (χ1) is 5.81. The standard InChI is InChI=1S/C8H19N3S/c1-11-8(10)12-7-5-3-2-4-6-9/h2-7,9H2,1H3,(H2,10,11). The minimum Gasteiger partial charge on any atom is -0.379 e. The smallest absolute Gasteiger partial charge is 0.153 e. The molecular formula is C8H19N3S. The van der Waals surface area contributed by atoms with Gasteiger partial charge in [-0.3, -0.25) is 4.99 Å². The Morgan fingerprint density at radius 2 is 1.92 bits per heavy atom. The lowest BCUT2D eigenvalue weighted by Gasteiger charge is -1.99. The van der Waals surface area contributed by atoms with Crippen molar-refractivity contribution in [3.63, 3.8) is 0 Å². The number of hydrogen-bond donors (Lipinski definition) is 2. The lowest BCUT2D eigenvalue weighted by atomic mass is 10.2. The molecule has 0 aliphatic rings. The van der Waals surface area contributed by atoms with Crippen molar-refractivity contribution in [2.24, 2.45) is 16.5 Å². The zero-order chi connectivity index (χ0) is 9.23. The number of nitrogens with zero attached hydrogens (tertiary/aromatic N) is 1. The molecule has 0 fully saturated rings. The lowest BCUT2D eigenvalue weighted by Crippen LogP contribution is -2.06. The Morgan fingerprint density at radius 3 is 2.50 bits per heavy atom. The summed E-state index contributed by atoms with van der Waals surface area (Å²) < 4.78 is 0. The Bertz CT molecular complexity index is 125. The second-order valence-corrected chi connectivity index (χ2v) is 3.73. The number of thioether (sulfide) groups is 1. The van der Waals surface area contributed by atoms with E-state index in [2.05, 4.69) is 4.99 Å². The van der Waals surface area contributed by atoms with Gasteiger partial charge in [0.2, 0.25) is 0 Å². The SMILES string of the molecule is CN=C(N)SCCCCCCN. The third-order valence-electron chi connectivity index (χ3n) is 1.57. The van der Waals surface area contributed by atoms with Gasteiger partial charge in [0.05, 0.1) is 0 Å². The van der Waals surface area contributed by atoms with Crippen LogP contribution in [0.15, 0.2) is 4.99 Å². The zero-order valence-electron chi connectivity index (χ0n) is 7.75. The number of amidine groups is 1. The quantitative estimate of drug-likeness (QED) is 0.375. The fraction of sp³-hybridized carbons (Fsp3) is 0.875. The number of hydrogen-bond acceptors (Lipinski definition) is 3. The Kier molecular flexibility index (Phi) is 8.71. The highest BCUT2D eigenvalue weighted by molar-refractivity contribution is 8.13. The van der Waals surface area contributed by atoms with Crippen LogP contribution >= 0.6 is 11.8 Å². The molecular weight excluding hydrogens is 170 g/mol. The summed E-state index contributed by atoms with van der Waals surface area (Å²) >= 11 is 1.63. The van der Waals surface area contributed by atoms with Crippen LogP contribution in [0.25, 0.3) is 0 Å². The molecule has 0 heterocycles. The summed E-state index contributed by atoms with van der Waals surface area (Å²) in [6.07, 6.45) is 4.84. The molecule has 72 valence electrons. The molecule has 0 spiro atoms. The number of rotatable bonds is 6. The van der Waals surface area contributed by atoms with Gasteiger partial charge in [0, 0.05) is 12.8 Å². The molecule has 4 N–H and O–H groups in total. The summed E-state index contributed by atoms with van der Waals surface area (Å²) in [6, 6.07) is 0. The molecule has 0 rings (SSSR count). The average Bonchev–Trinajstić information content (AvgIpc) is 2.10. The molecule has 0 aliphatic heterocycles. The van der Waals surface area contributed by atoms with Crippen LogP contribution in [0.2, 0.25) is 0 Å². The first kappa shape index (κ1) is 11.8. The molecule has 0 aromatic rings. The van der Waals surface area contributed by atoms with Crippen molar-refractivity contribution in [2.75, 3.05) is 19.3 Å². The number of aliphatic imine (C=N–C) groups is 1. The third-order valence-corrected chi connectivity index (χ3v) is 2.54. The van der Waals surface area contributed by atoms with Crippen molar-refractivity contribution in [2.45, 2.75) is 25.7 Å². The highest BCUT2D eigenvalue weighted by atomic mass is 32.2. The average molecular weight is 189 g/mol. The topological polar surface area (TPSA) is 64.4 Å². The summed E-state index contributed by atoms with van der Waals surface area (Å²) in [7, 11) is 1.72. The zero-order valence-corrected chi connectivity index (χ0v) is 8.57. The maximum Gasteiger partial charge on any atom is 0.153 e. The van der Waals surface area contributed by atoms with Gasteiger partial charge in [0.1, 0.15) is 0 Å². The fourth-order valence-corrected chi connectivity index (χ4v) is 1.53. The maximum absolute atomic E-state index is 5.51. The van der Waals surface area contributed by atoms with E-state index in [0.29, 0.717) is 5.17 Å². The summed E-state index contributed by atoms with van der Waals surface area (Å²) in [5, 5.41) is 0.689. The number of nitrogens with two attached hydrogens (primary N) is 2. The highest BCUT2D eigenvalue weighted by Gasteiger charge is 1.92. The second kappa shape index (κ2) is 8.87. The molecule has 0 bridgehead atoms. The molecule has 0 unspecified atom stereocenters. The molecule has 12 heavy (non-hydrogen) atoms. The summed E-state index contributed by atoms with van der Waals surface area (Å²) in [6.45, 7) is 0.811. The monoisotopic (exact) mass is 189 g/mol. The molecule has 0 atom stereocenters. The van der Waals surface area contributed by atoms with Crippen molar-refractivity contribution >= 4 is 16.9 Å². The predicted octanol–water partition coefficient (Wildman–Crippen LogP) is 1.18. The maximum atomic E-state index is 5.51. The molecule has 0 saturated carbocycles. The first-order valence-corrected chi connectivity index (χ1v) is 5.35. The first-order valence-electron chi connectivity index (χ1n) is 4.36. The van der Waals surface area contributed by atoms with E-state index >= 15 is 0 Å². The van der Waals surface area contributed by atoms with E-state index in [1.807, 2.05) is 0 Å². The van der Waals surface area contributed by atoms with E-state index in [1.54, 1.807) is 18.8 Å². The van der Waals surface area contributed by atoms with E-state index in [-0.39, 0.29) is 0 Å². The molecule has 0 aromatic heterocycles. The van der Waals surface area contributed by atoms with Crippen LogP contribution in [0.5, 0.6) is 0 Å². The van der Waals surface area contributed by atoms with Gasteiger partial charge in [0.25, 0.3) is 0 Å². The second-order valence-electron chi connectivity index (χ2n) is 2.61.